The predicted octanol–water partition coefficient (Wildman–Crippen LogP) is 3.64. The van der Waals surface area contributed by atoms with Gasteiger partial charge in [-0.15, -0.1) is 0 Å². The van der Waals surface area contributed by atoms with Gasteiger partial charge < -0.3 is 0 Å². The molecule has 0 spiro atoms. The van der Waals surface area contributed by atoms with Crippen molar-refractivity contribution in [3.63, 3.8) is 0 Å². The summed E-state index contributed by atoms with van der Waals surface area (Å²) < 4.78 is 0. The highest BCUT2D eigenvalue weighted by atomic mass is 14.3. The van der Waals surface area contributed by atoms with E-state index in [4.69, 9.17) is 0 Å². The van der Waals surface area contributed by atoms with Gasteiger partial charge in [-0.25, -0.2) is 0 Å². The van der Waals surface area contributed by atoms with Gasteiger partial charge in [-0.1, -0.05) is 57.2 Å². The Labute approximate surface area is 80.3 Å². The van der Waals surface area contributed by atoms with Gasteiger partial charge in [-0.05, 0) is 16.6 Å². The SMILES string of the molecule is CC(C)(C)C1=CC2=CC=CC2C=C1. The monoisotopic (exact) mass is 172 g/mol. The highest BCUT2D eigenvalue weighted by Gasteiger charge is 2.20. The summed E-state index contributed by atoms with van der Waals surface area (Å²) in [4.78, 5) is 0. The van der Waals surface area contributed by atoms with Crippen LogP contribution in [0.3, 0.4) is 0 Å². The maximum atomic E-state index is 2.32. The van der Waals surface area contributed by atoms with E-state index in [2.05, 4.69) is 57.2 Å². The molecule has 0 aromatic rings. The molecule has 0 saturated heterocycles. The van der Waals surface area contributed by atoms with Crippen molar-refractivity contribution in [2.45, 2.75) is 20.8 Å². The third-order valence-electron chi connectivity index (χ3n) is 2.66. The van der Waals surface area contributed by atoms with E-state index in [0.717, 1.165) is 0 Å². The Balaban J connectivity index is 2.32. The molecular formula is C13H16. The van der Waals surface area contributed by atoms with Gasteiger partial charge in [0.05, 0.1) is 0 Å². The van der Waals surface area contributed by atoms with E-state index < -0.39 is 0 Å². The largest absolute Gasteiger partial charge is 0.0732 e. The van der Waals surface area contributed by atoms with Crippen LogP contribution in [0.4, 0.5) is 0 Å². The van der Waals surface area contributed by atoms with Gasteiger partial charge in [-0.3, -0.25) is 0 Å². The maximum absolute atomic E-state index is 2.32. The Morgan fingerprint density at radius 1 is 1.15 bits per heavy atom. The molecule has 0 aliphatic heterocycles. The van der Waals surface area contributed by atoms with Crippen molar-refractivity contribution >= 4 is 0 Å². The first-order valence-corrected chi connectivity index (χ1v) is 4.86. The van der Waals surface area contributed by atoms with Crippen LogP contribution in [0.5, 0.6) is 0 Å². The maximum Gasteiger partial charge on any atom is 0.0205 e. The predicted molar refractivity (Wildman–Crippen MR) is 57.4 cm³/mol. The fourth-order valence-corrected chi connectivity index (χ4v) is 1.73. The molecule has 1 unspecified atom stereocenters. The van der Waals surface area contributed by atoms with Gasteiger partial charge in [0.15, 0.2) is 0 Å². The second-order valence-corrected chi connectivity index (χ2v) is 4.79. The van der Waals surface area contributed by atoms with Gasteiger partial charge in [0.25, 0.3) is 0 Å². The highest BCUT2D eigenvalue weighted by molar-refractivity contribution is 5.48. The van der Waals surface area contributed by atoms with E-state index in [1.165, 1.54) is 11.1 Å². The van der Waals surface area contributed by atoms with Crippen LogP contribution < -0.4 is 0 Å². The standard InChI is InChI=1S/C13H16/c1-13(2,3)12-8-7-10-5-4-6-11(10)9-12/h4-10H,1-3H3. The van der Waals surface area contributed by atoms with Crippen molar-refractivity contribution in [1.82, 2.24) is 0 Å². The second kappa shape index (κ2) is 2.73. The molecule has 2 aliphatic rings. The Morgan fingerprint density at radius 3 is 2.62 bits per heavy atom. The molecule has 0 aromatic carbocycles. The lowest BCUT2D eigenvalue weighted by molar-refractivity contribution is 0.514. The van der Waals surface area contributed by atoms with Crippen LogP contribution in [0, 0.1) is 11.3 Å². The zero-order chi connectivity index (χ0) is 9.47. The Kier molecular flexibility index (Phi) is 1.80. The number of allylic oxidation sites excluding steroid dienone is 8. The molecule has 1 atom stereocenters. The Hall–Kier alpha value is -1.04. The van der Waals surface area contributed by atoms with E-state index in [0.29, 0.717) is 5.92 Å². The molecule has 0 heteroatoms. The van der Waals surface area contributed by atoms with Crippen LogP contribution in [0.2, 0.25) is 0 Å². The summed E-state index contributed by atoms with van der Waals surface area (Å²) in [6, 6.07) is 0. The van der Waals surface area contributed by atoms with Crippen LogP contribution in [0.15, 0.2) is 47.6 Å². The van der Waals surface area contributed by atoms with Crippen molar-refractivity contribution in [3.05, 3.63) is 47.6 Å². The first-order chi connectivity index (χ1) is 6.07. The van der Waals surface area contributed by atoms with E-state index in [9.17, 15) is 0 Å². The van der Waals surface area contributed by atoms with Crippen molar-refractivity contribution in [1.29, 1.82) is 0 Å². The fraction of sp³-hybridized carbons (Fsp3) is 0.385. The van der Waals surface area contributed by atoms with Crippen LogP contribution in [-0.2, 0) is 0 Å². The zero-order valence-electron chi connectivity index (χ0n) is 8.54. The molecule has 13 heavy (non-hydrogen) atoms. The molecule has 0 N–H and O–H groups in total. The minimum Gasteiger partial charge on any atom is -0.0732 e. The lowest BCUT2D eigenvalue weighted by Crippen LogP contribution is -2.11. The van der Waals surface area contributed by atoms with Crippen LogP contribution in [-0.4, -0.2) is 0 Å². The van der Waals surface area contributed by atoms with E-state index in [1.807, 2.05) is 0 Å². The van der Waals surface area contributed by atoms with Gasteiger partial charge in [0.2, 0.25) is 0 Å². The fourth-order valence-electron chi connectivity index (χ4n) is 1.73. The lowest BCUT2D eigenvalue weighted by atomic mass is 9.80. The summed E-state index contributed by atoms with van der Waals surface area (Å²) in [6.45, 7) is 6.77. The van der Waals surface area contributed by atoms with Gasteiger partial charge in [0.1, 0.15) is 0 Å². The van der Waals surface area contributed by atoms with Gasteiger partial charge in [-0.2, -0.15) is 0 Å². The summed E-state index contributed by atoms with van der Waals surface area (Å²) in [5.74, 6) is 0.547. The zero-order valence-corrected chi connectivity index (χ0v) is 8.54. The first kappa shape index (κ1) is 8.55. The van der Waals surface area contributed by atoms with E-state index in [-0.39, 0.29) is 5.41 Å². The Bertz CT molecular complexity index is 330. The molecule has 0 nitrogen and oxygen atoms in total. The molecule has 0 fully saturated rings. The third-order valence-corrected chi connectivity index (χ3v) is 2.66. The molecule has 0 aromatic heterocycles. The summed E-state index contributed by atoms with van der Waals surface area (Å²) in [5.41, 5.74) is 3.14. The van der Waals surface area contributed by atoms with Crippen LogP contribution in [0.25, 0.3) is 0 Å². The summed E-state index contributed by atoms with van der Waals surface area (Å²) in [7, 11) is 0. The van der Waals surface area contributed by atoms with Crippen molar-refractivity contribution in [3.8, 4) is 0 Å². The average molecular weight is 172 g/mol. The van der Waals surface area contributed by atoms with Gasteiger partial charge in [0, 0.05) is 5.92 Å². The number of rotatable bonds is 0. The minimum atomic E-state index is 0.269. The lowest BCUT2D eigenvalue weighted by Gasteiger charge is -2.24. The molecule has 0 saturated carbocycles. The molecule has 0 bridgehead atoms. The number of hydrogen-bond donors (Lipinski definition) is 0. The summed E-state index contributed by atoms with van der Waals surface area (Å²) in [6.07, 6.45) is 13.5. The third kappa shape index (κ3) is 1.53. The van der Waals surface area contributed by atoms with Gasteiger partial charge >= 0.3 is 0 Å². The molecule has 2 aliphatic carbocycles. The summed E-state index contributed by atoms with van der Waals surface area (Å²) >= 11 is 0. The molecule has 0 radical (unpaired) electrons. The first-order valence-electron chi connectivity index (χ1n) is 4.86. The quantitative estimate of drug-likeness (QED) is 0.523. The molecule has 68 valence electrons. The van der Waals surface area contributed by atoms with Crippen LogP contribution in [0.1, 0.15) is 20.8 Å². The topological polar surface area (TPSA) is 0 Å². The summed E-state index contributed by atoms with van der Waals surface area (Å²) in [5, 5.41) is 0. The van der Waals surface area contributed by atoms with E-state index in [1.54, 1.807) is 0 Å². The highest BCUT2D eigenvalue weighted by Crippen LogP contribution is 2.35. The minimum absolute atomic E-state index is 0.269. The number of fused-ring (bicyclic) bond motifs is 1. The second-order valence-electron chi connectivity index (χ2n) is 4.79. The molecule has 2 rings (SSSR count). The van der Waals surface area contributed by atoms with Crippen molar-refractivity contribution < 1.29 is 0 Å². The average Bonchev–Trinajstić information content (AvgIpc) is 2.47. The van der Waals surface area contributed by atoms with E-state index >= 15 is 0 Å². The molecule has 0 amide bonds. The molecule has 0 heterocycles. The smallest absolute Gasteiger partial charge is 0.0205 e. The van der Waals surface area contributed by atoms with Crippen molar-refractivity contribution in [2.75, 3.05) is 0 Å². The molecular weight excluding hydrogens is 156 g/mol. The number of hydrogen-bond acceptors (Lipinski definition) is 0. The van der Waals surface area contributed by atoms with Crippen LogP contribution >= 0.6 is 0 Å². The Morgan fingerprint density at radius 2 is 1.92 bits per heavy atom. The normalized spacial score (nSPS) is 25.6. The van der Waals surface area contributed by atoms with Crippen molar-refractivity contribution in [2.24, 2.45) is 11.3 Å².